The molecule has 9 nitrogen and oxygen atoms in total. The van der Waals surface area contributed by atoms with Crippen LogP contribution in [0.4, 0.5) is 11.7 Å². The van der Waals surface area contributed by atoms with Crippen molar-refractivity contribution < 1.29 is 18.7 Å². The van der Waals surface area contributed by atoms with Crippen LogP contribution in [0.5, 0.6) is 17.2 Å². The fraction of sp³-hybridized carbons (Fsp3) is 0.296. The predicted octanol–water partition coefficient (Wildman–Crippen LogP) is 5.54. The molecule has 1 amide bonds. The Kier molecular flexibility index (Phi) is 7.43. The summed E-state index contributed by atoms with van der Waals surface area (Å²) in [6.45, 7) is 4.12. The minimum atomic E-state index is -0.287. The molecule has 0 aliphatic carbocycles. The van der Waals surface area contributed by atoms with E-state index >= 15 is 0 Å². The first kappa shape index (κ1) is 24.9. The van der Waals surface area contributed by atoms with Gasteiger partial charge in [-0.15, -0.1) is 0 Å². The summed E-state index contributed by atoms with van der Waals surface area (Å²) in [6, 6.07) is 14.4. The smallest absolute Gasteiger partial charge is 0.300 e. The fourth-order valence-electron chi connectivity index (χ4n) is 4.29. The molecule has 192 valence electrons. The van der Waals surface area contributed by atoms with Crippen molar-refractivity contribution >= 4 is 40.3 Å². The third-order valence-corrected chi connectivity index (χ3v) is 6.64. The summed E-state index contributed by atoms with van der Waals surface area (Å²) >= 11 is 6.42. The van der Waals surface area contributed by atoms with Gasteiger partial charge in [0, 0.05) is 37.1 Å². The van der Waals surface area contributed by atoms with Gasteiger partial charge in [-0.1, -0.05) is 11.6 Å². The monoisotopic (exact) mass is 521 g/mol. The van der Waals surface area contributed by atoms with E-state index in [-0.39, 0.29) is 17.7 Å². The molecule has 4 aromatic rings. The van der Waals surface area contributed by atoms with E-state index < -0.39 is 0 Å². The van der Waals surface area contributed by atoms with Crippen LogP contribution in [0.15, 0.2) is 59.1 Å². The van der Waals surface area contributed by atoms with Gasteiger partial charge in [0.1, 0.15) is 28.5 Å². The van der Waals surface area contributed by atoms with Gasteiger partial charge in [0.2, 0.25) is 0 Å². The number of nitrogens with zero attached hydrogens (tertiary/aromatic N) is 2. The Morgan fingerprint density at radius 3 is 2.76 bits per heavy atom. The zero-order valence-corrected chi connectivity index (χ0v) is 21.3. The highest BCUT2D eigenvalue weighted by molar-refractivity contribution is 6.32. The van der Waals surface area contributed by atoms with E-state index in [0.29, 0.717) is 45.3 Å². The predicted molar refractivity (Wildman–Crippen MR) is 142 cm³/mol. The second-order valence-electron chi connectivity index (χ2n) is 8.89. The number of oxazole rings is 1. The number of hydrogen-bond donors (Lipinski definition) is 3. The van der Waals surface area contributed by atoms with E-state index in [0.717, 1.165) is 31.6 Å². The number of benzene rings is 2. The summed E-state index contributed by atoms with van der Waals surface area (Å²) in [4.78, 5) is 20.4. The molecular weight excluding hydrogens is 494 g/mol. The van der Waals surface area contributed by atoms with E-state index in [2.05, 4.69) is 32.8 Å². The lowest BCUT2D eigenvalue weighted by Crippen LogP contribution is -2.35. The van der Waals surface area contributed by atoms with Crippen molar-refractivity contribution in [3.8, 4) is 17.2 Å². The maximum Gasteiger partial charge on any atom is 0.300 e. The molecule has 37 heavy (non-hydrogen) atoms. The Morgan fingerprint density at radius 1 is 1.14 bits per heavy atom. The number of fused-ring (bicyclic) bond motifs is 1. The van der Waals surface area contributed by atoms with Crippen LogP contribution in [-0.4, -0.2) is 42.1 Å². The number of aromatic nitrogens is 2. The molecule has 1 atom stereocenters. The molecule has 1 fully saturated rings. The molecule has 10 heteroatoms. The Morgan fingerprint density at radius 2 is 1.95 bits per heavy atom. The Balaban J connectivity index is 1.29. The first-order valence-corrected chi connectivity index (χ1v) is 12.6. The first-order valence-electron chi connectivity index (χ1n) is 12.2. The highest BCUT2D eigenvalue weighted by Gasteiger charge is 2.22. The number of nitrogens with one attached hydrogen (secondary N) is 3. The van der Waals surface area contributed by atoms with Crippen molar-refractivity contribution in [2.45, 2.75) is 25.9 Å². The Hall–Kier alpha value is -3.82. The third kappa shape index (κ3) is 5.95. The normalized spacial score (nSPS) is 14.8. The summed E-state index contributed by atoms with van der Waals surface area (Å²) in [5.41, 5.74) is 2.23. The molecule has 3 N–H and O–H groups in total. The Bertz CT molecular complexity index is 1400. The van der Waals surface area contributed by atoms with E-state index in [1.165, 1.54) is 6.20 Å². The van der Waals surface area contributed by atoms with Crippen molar-refractivity contribution in [1.29, 1.82) is 0 Å². The van der Waals surface area contributed by atoms with Crippen LogP contribution in [0, 0.1) is 5.92 Å². The number of amides is 1. The molecule has 0 radical (unpaired) electrons. The van der Waals surface area contributed by atoms with Crippen molar-refractivity contribution in [3.05, 3.63) is 65.4 Å². The van der Waals surface area contributed by atoms with Gasteiger partial charge in [0.15, 0.2) is 5.58 Å². The molecule has 1 saturated heterocycles. The molecule has 1 aliphatic heterocycles. The van der Waals surface area contributed by atoms with Crippen LogP contribution in [-0.2, 0) is 0 Å². The van der Waals surface area contributed by atoms with E-state index in [1.807, 2.05) is 12.1 Å². The second-order valence-corrected chi connectivity index (χ2v) is 9.29. The average molecular weight is 522 g/mol. The number of rotatable bonds is 8. The molecule has 1 aliphatic rings. The Labute approximate surface area is 219 Å². The summed E-state index contributed by atoms with van der Waals surface area (Å²) in [6.07, 6.45) is 3.75. The highest BCUT2D eigenvalue weighted by atomic mass is 35.5. The molecule has 1 unspecified atom stereocenters. The van der Waals surface area contributed by atoms with Gasteiger partial charge in [-0.2, -0.15) is 4.98 Å². The number of anilines is 2. The standard InChI is InChI=1S/C27H28ClN5O4/c1-16(17-7-10-30-11-8-17)35-25-13-18(3-5-21(25)28)32-27-33-22-14-19(4-6-24(22)37-27)36-20-9-12-31-23(15-20)26(34)29-2/h3-6,9,12-17,30H,7-8,10-11H2,1-2H3,(H,29,34)(H,32,33). The number of piperidine rings is 1. The zero-order chi connectivity index (χ0) is 25.8. The van der Waals surface area contributed by atoms with E-state index in [4.69, 9.17) is 25.5 Å². The fourth-order valence-corrected chi connectivity index (χ4v) is 4.45. The molecular formula is C27H28ClN5O4. The van der Waals surface area contributed by atoms with Gasteiger partial charge < -0.3 is 29.8 Å². The number of hydrogen-bond acceptors (Lipinski definition) is 8. The van der Waals surface area contributed by atoms with E-state index in [1.54, 1.807) is 43.4 Å². The molecule has 3 heterocycles. The molecule has 0 spiro atoms. The number of halogens is 1. The van der Waals surface area contributed by atoms with Crippen molar-refractivity contribution in [2.24, 2.45) is 5.92 Å². The lowest BCUT2D eigenvalue weighted by Gasteiger charge is -2.29. The van der Waals surface area contributed by atoms with Crippen molar-refractivity contribution in [3.63, 3.8) is 0 Å². The number of ether oxygens (including phenoxy) is 2. The zero-order valence-electron chi connectivity index (χ0n) is 20.6. The molecule has 2 aromatic carbocycles. The van der Waals surface area contributed by atoms with Gasteiger partial charge in [0.25, 0.3) is 11.9 Å². The maximum absolute atomic E-state index is 11.8. The summed E-state index contributed by atoms with van der Waals surface area (Å²) in [5.74, 6) is 1.87. The van der Waals surface area contributed by atoms with Gasteiger partial charge in [-0.05, 0) is 69.1 Å². The van der Waals surface area contributed by atoms with Crippen molar-refractivity contribution in [2.75, 3.05) is 25.5 Å². The van der Waals surface area contributed by atoms with Crippen LogP contribution in [0.3, 0.4) is 0 Å². The molecule has 2 aromatic heterocycles. The number of carbonyl (C=O) groups is 1. The number of pyridine rings is 1. The van der Waals surface area contributed by atoms with Crippen LogP contribution >= 0.6 is 11.6 Å². The molecule has 5 rings (SSSR count). The SMILES string of the molecule is CNC(=O)c1cc(Oc2ccc3oc(Nc4ccc(Cl)c(OC(C)C5CCNCC5)c4)nc3c2)ccn1. The van der Waals surface area contributed by atoms with Gasteiger partial charge >= 0.3 is 0 Å². The molecule has 0 saturated carbocycles. The summed E-state index contributed by atoms with van der Waals surface area (Å²) in [7, 11) is 1.55. The van der Waals surface area contributed by atoms with Gasteiger partial charge in [-0.25, -0.2) is 0 Å². The second kappa shape index (κ2) is 11.1. The topological polar surface area (TPSA) is 111 Å². The van der Waals surface area contributed by atoms with Gasteiger partial charge in [0.05, 0.1) is 11.1 Å². The summed E-state index contributed by atoms with van der Waals surface area (Å²) in [5, 5.41) is 9.67. The summed E-state index contributed by atoms with van der Waals surface area (Å²) < 4.78 is 18.0. The lowest BCUT2D eigenvalue weighted by molar-refractivity contribution is 0.0958. The lowest BCUT2D eigenvalue weighted by atomic mass is 9.93. The van der Waals surface area contributed by atoms with E-state index in [9.17, 15) is 4.79 Å². The van der Waals surface area contributed by atoms with Crippen LogP contribution in [0.1, 0.15) is 30.3 Å². The van der Waals surface area contributed by atoms with Crippen LogP contribution in [0.2, 0.25) is 5.02 Å². The van der Waals surface area contributed by atoms with Crippen LogP contribution in [0.25, 0.3) is 11.1 Å². The minimum absolute atomic E-state index is 0.0606. The molecule has 0 bridgehead atoms. The minimum Gasteiger partial charge on any atom is -0.489 e. The quantitative estimate of drug-likeness (QED) is 0.277. The largest absolute Gasteiger partial charge is 0.489 e. The van der Waals surface area contributed by atoms with Crippen molar-refractivity contribution in [1.82, 2.24) is 20.6 Å². The average Bonchev–Trinajstić information content (AvgIpc) is 3.32. The number of carbonyl (C=O) groups excluding carboxylic acids is 1. The third-order valence-electron chi connectivity index (χ3n) is 6.33. The van der Waals surface area contributed by atoms with Gasteiger partial charge in [-0.3, -0.25) is 9.78 Å². The first-order chi connectivity index (χ1) is 18.0. The maximum atomic E-state index is 11.8. The highest BCUT2D eigenvalue weighted by Crippen LogP contribution is 2.33. The van der Waals surface area contributed by atoms with Crippen LogP contribution < -0.4 is 25.4 Å².